The predicted molar refractivity (Wildman–Crippen MR) is 53.7 cm³/mol. The van der Waals surface area contributed by atoms with E-state index in [1.54, 1.807) is 24.3 Å². The number of benzene rings is 2. The van der Waals surface area contributed by atoms with Crippen LogP contribution in [-0.2, 0) is 0 Å². The van der Waals surface area contributed by atoms with Gasteiger partial charge < -0.3 is 10.0 Å². The lowest BCUT2D eigenvalue weighted by Gasteiger charge is -2.05. The molecule has 0 bridgehead atoms. The minimum atomic E-state index is -1.57. The molecule has 2 N–H and O–H groups in total. The summed E-state index contributed by atoms with van der Waals surface area (Å²) in [4.78, 5) is 0. The maximum absolute atomic E-state index is 13.3. The summed E-state index contributed by atoms with van der Waals surface area (Å²) < 4.78 is 13.3. The first-order chi connectivity index (χ1) is 6.70. The maximum Gasteiger partial charge on any atom is 0.489 e. The number of hydrogen-bond donors (Lipinski definition) is 2. The van der Waals surface area contributed by atoms with Crippen LogP contribution in [-0.4, -0.2) is 17.2 Å². The highest BCUT2D eigenvalue weighted by Crippen LogP contribution is 2.15. The Labute approximate surface area is 80.8 Å². The molecule has 0 fully saturated rings. The number of rotatable bonds is 1. The molecule has 2 aromatic carbocycles. The molecule has 2 nitrogen and oxygen atoms in total. The van der Waals surface area contributed by atoms with Gasteiger partial charge in [-0.2, -0.15) is 0 Å². The molecule has 0 heterocycles. The molecule has 0 aliphatic carbocycles. The lowest BCUT2D eigenvalue weighted by atomic mass is 9.77. The van der Waals surface area contributed by atoms with Crippen LogP contribution in [0.25, 0.3) is 10.8 Å². The van der Waals surface area contributed by atoms with Gasteiger partial charge >= 0.3 is 7.12 Å². The molecular formula is C10H8BFO2. The molecule has 0 saturated carbocycles. The van der Waals surface area contributed by atoms with Gasteiger partial charge in [-0.25, -0.2) is 4.39 Å². The van der Waals surface area contributed by atoms with Crippen LogP contribution in [0.2, 0.25) is 0 Å². The maximum atomic E-state index is 13.3. The molecular weight excluding hydrogens is 182 g/mol. The quantitative estimate of drug-likeness (QED) is 0.648. The van der Waals surface area contributed by atoms with Crippen molar-refractivity contribution in [3.05, 3.63) is 42.2 Å². The normalized spacial score (nSPS) is 10.5. The Morgan fingerprint density at radius 2 is 1.57 bits per heavy atom. The van der Waals surface area contributed by atoms with E-state index in [4.69, 9.17) is 10.0 Å². The van der Waals surface area contributed by atoms with Crippen molar-refractivity contribution < 1.29 is 14.4 Å². The highest BCUT2D eigenvalue weighted by atomic mass is 19.1. The van der Waals surface area contributed by atoms with Crippen LogP contribution in [0.4, 0.5) is 4.39 Å². The molecule has 2 aromatic rings. The van der Waals surface area contributed by atoms with E-state index in [0.29, 0.717) is 16.2 Å². The minimum Gasteiger partial charge on any atom is -0.423 e. The molecule has 2 rings (SSSR count). The Morgan fingerprint density at radius 1 is 0.929 bits per heavy atom. The van der Waals surface area contributed by atoms with Crippen molar-refractivity contribution in [2.75, 3.05) is 0 Å². The second kappa shape index (κ2) is 3.40. The highest BCUT2D eigenvalue weighted by molar-refractivity contribution is 6.61. The summed E-state index contributed by atoms with van der Waals surface area (Å²) in [6, 6.07) is 9.32. The molecule has 4 heteroatoms. The fourth-order valence-electron chi connectivity index (χ4n) is 1.51. The van der Waals surface area contributed by atoms with Gasteiger partial charge in [0, 0.05) is 5.39 Å². The zero-order valence-electron chi connectivity index (χ0n) is 7.31. The first-order valence-corrected chi connectivity index (χ1v) is 4.23. The van der Waals surface area contributed by atoms with E-state index in [0.717, 1.165) is 0 Å². The average Bonchev–Trinajstić information content (AvgIpc) is 2.18. The lowest BCUT2D eigenvalue weighted by Crippen LogP contribution is -2.30. The first-order valence-electron chi connectivity index (χ1n) is 4.23. The summed E-state index contributed by atoms with van der Waals surface area (Å²) in [5, 5.41) is 19.0. The molecule has 70 valence electrons. The third kappa shape index (κ3) is 1.39. The van der Waals surface area contributed by atoms with Gasteiger partial charge in [-0.1, -0.05) is 30.3 Å². The smallest absolute Gasteiger partial charge is 0.423 e. The molecule has 0 spiro atoms. The van der Waals surface area contributed by atoms with Gasteiger partial charge in [-0.3, -0.25) is 0 Å². The van der Waals surface area contributed by atoms with Gasteiger partial charge in [0.1, 0.15) is 5.82 Å². The SMILES string of the molecule is OB(O)c1ccc(F)c2ccccc12. The van der Waals surface area contributed by atoms with Crippen LogP contribution in [0.1, 0.15) is 0 Å². The predicted octanol–water partition coefficient (Wildman–Crippen LogP) is 0.659. The van der Waals surface area contributed by atoms with Gasteiger partial charge in [-0.15, -0.1) is 0 Å². The number of fused-ring (bicyclic) bond motifs is 1. The topological polar surface area (TPSA) is 40.5 Å². The van der Waals surface area contributed by atoms with E-state index in [1.165, 1.54) is 12.1 Å². The van der Waals surface area contributed by atoms with Crippen LogP contribution in [0.3, 0.4) is 0 Å². The highest BCUT2D eigenvalue weighted by Gasteiger charge is 2.15. The molecule has 0 aromatic heterocycles. The first kappa shape index (κ1) is 9.18. The zero-order chi connectivity index (χ0) is 10.1. The fourth-order valence-corrected chi connectivity index (χ4v) is 1.51. The largest absolute Gasteiger partial charge is 0.489 e. The Kier molecular flexibility index (Phi) is 2.23. The van der Waals surface area contributed by atoms with Crippen molar-refractivity contribution in [1.29, 1.82) is 0 Å². The summed E-state index contributed by atoms with van der Waals surface area (Å²) in [6.07, 6.45) is 0. The summed E-state index contributed by atoms with van der Waals surface area (Å²) >= 11 is 0. The van der Waals surface area contributed by atoms with Gasteiger partial charge in [0.25, 0.3) is 0 Å². The van der Waals surface area contributed by atoms with Gasteiger partial charge in [-0.05, 0) is 16.9 Å². The Morgan fingerprint density at radius 3 is 2.21 bits per heavy atom. The monoisotopic (exact) mass is 190 g/mol. The molecule has 0 radical (unpaired) electrons. The van der Waals surface area contributed by atoms with Crippen LogP contribution in [0, 0.1) is 5.82 Å². The van der Waals surface area contributed by atoms with Crippen molar-refractivity contribution >= 4 is 23.4 Å². The summed E-state index contributed by atoms with van der Waals surface area (Å²) in [5.74, 6) is -0.356. The lowest BCUT2D eigenvalue weighted by molar-refractivity contribution is 0.426. The van der Waals surface area contributed by atoms with Crippen molar-refractivity contribution in [2.45, 2.75) is 0 Å². The van der Waals surface area contributed by atoms with Gasteiger partial charge in [0.2, 0.25) is 0 Å². The Hall–Kier alpha value is -1.39. The summed E-state index contributed by atoms with van der Waals surface area (Å²) in [6.45, 7) is 0. The fraction of sp³-hybridized carbons (Fsp3) is 0. The van der Waals surface area contributed by atoms with Crippen molar-refractivity contribution in [1.82, 2.24) is 0 Å². The third-order valence-electron chi connectivity index (χ3n) is 2.18. The van der Waals surface area contributed by atoms with Gasteiger partial charge in [0.15, 0.2) is 0 Å². The Balaban J connectivity index is 2.82. The Bertz CT molecular complexity index is 471. The van der Waals surface area contributed by atoms with E-state index in [9.17, 15) is 4.39 Å². The minimum absolute atomic E-state index is 0.321. The van der Waals surface area contributed by atoms with Crippen LogP contribution >= 0.6 is 0 Å². The molecule has 0 atom stereocenters. The molecule has 14 heavy (non-hydrogen) atoms. The van der Waals surface area contributed by atoms with Crippen molar-refractivity contribution in [3.63, 3.8) is 0 Å². The third-order valence-corrected chi connectivity index (χ3v) is 2.18. The van der Waals surface area contributed by atoms with Crippen LogP contribution < -0.4 is 5.46 Å². The molecule has 0 saturated heterocycles. The van der Waals surface area contributed by atoms with E-state index in [-0.39, 0.29) is 5.82 Å². The standard InChI is InChI=1S/C10H8BFO2/c12-10-6-5-9(11(13)14)7-3-1-2-4-8(7)10/h1-6,13-14H. The molecule has 0 aliphatic rings. The van der Waals surface area contributed by atoms with Crippen molar-refractivity contribution in [2.24, 2.45) is 0 Å². The van der Waals surface area contributed by atoms with Crippen molar-refractivity contribution in [3.8, 4) is 0 Å². The molecule has 0 amide bonds. The number of hydrogen-bond acceptors (Lipinski definition) is 2. The summed E-state index contributed by atoms with van der Waals surface area (Å²) in [5.41, 5.74) is 0.321. The average molecular weight is 190 g/mol. The second-order valence-electron chi connectivity index (χ2n) is 3.06. The van der Waals surface area contributed by atoms with Crippen LogP contribution in [0.15, 0.2) is 36.4 Å². The second-order valence-corrected chi connectivity index (χ2v) is 3.06. The molecule has 0 aliphatic heterocycles. The van der Waals surface area contributed by atoms with E-state index in [2.05, 4.69) is 0 Å². The van der Waals surface area contributed by atoms with E-state index < -0.39 is 7.12 Å². The van der Waals surface area contributed by atoms with E-state index in [1.807, 2.05) is 0 Å². The molecule has 0 unspecified atom stereocenters. The summed E-state index contributed by atoms with van der Waals surface area (Å²) in [7, 11) is -1.57. The van der Waals surface area contributed by atoms with Gasteiger partial charge in [0.05, 0.1) is 0 Å². The van der Waals surface area contributed by atoms with E-state index >= 15 is 0 Å². The van der Waals surface area contributed by atoms with Crippen LogP contribution in [0.5, 0.6) is 0 Å². The zero-order valence-corrected chi connectivity index (χ0v) is 7.31. The number of halogens is 1.